The van der Waals surface area contributed by atoms with Gasteiger partial charge in [0.05, 0.1) is 0 Å². The summed E-state index contributed by atoms with van der Waals surface area (Å²) in [5.41, 5.74) is 8.49. The fourth-order valence-electron chi connectivity index (χ4n) is 2.72. The van der Waals surface area contributed by atoms with E-state index in [0.717, 1.165) is 18.2 Å². The quantitative estimate of drug-likeness (QED) is 0.829. The summed E-state index contributed by atoms with van der Waals surface area (Å²) in [6, 6.07) is 6.31. The topological polar surface area (TPSA) is 38.9 Å². The molecule has 1 fully saturated rings. The van der Waals surface area contributed by atoms with Gasteiger partial charge in [-0.25, -0.2) is 0 Å². The van der Waals surface area contributed by atoms with Crippen molar-refractivity contribution in [1.29, 1.82) is 0 Å². The van der Waals surface area contributed by atoms with E-state index < -0.39 is 0 Å². The first-order chi connectivity index (χ1) is 7.66. The van der Waals surface area contributed by atoms with E-state index in [1.807, 2.05) is 0 Å². The van der Waals surface area contributed by atoms with Crippen LogP contribution in [0.2, 0.25) is 0 Å². The largest absolute Gasteiger partial charge is 0.330 e. The maximum atomic E-state index is 6.03. The van der Waals surface area contributed by atoms with Gasteiger partial charge in [0.15, 0.2) is 0 Å². The summed E-state index contributed by atoms with van der Waals surface area (Å²) in [7, 11) is 0. The molecule has 1 aromatic heterocycles. The molecule has 88 valence electrons. The molecule has 1 aliphatic rings. The molecule has 0 bridgehead atoms. The van der Waals surface area contributed by atoms with E-state index in [9.17, 15) is 0 Å². The minimum atomic E-state index is 0.151. The Balaban J connectivity index is 2.28. The van der Waals surface area contributed by atoms with E-state index >= 15 is 0 Å². The molecule has 1 heterocycles. The van der Waals surface area contributed by atoms with Gasteiger partial charge in [0, 0.05) is 23.3 Å². The number of aromatic nitrogens is 1. The highest BCUT2D eigenvalue weighted by atomic mass is 14.8. The van der Waals surface area contributed by atoms with Crippen molar-refractivity contribution < 1.29 is 0 Å². The molecule has 2 rings (SSSR count). The van der Waals surface area contributed by atoms with Crippen LogP contribution in [0, 0.1) is 12.8 Å². The van der Waals surface area contributed by atoms with Gasteiger partial charge >= 0.3 is 0 Å². The number of hydrogen-bond acceptors (Lipinski definition) is 2. The number of hydrogen-bond donors (Lipinski definition) is 1. The average Bonchev–Trinajstić information content (AvgIpc) is 2.31. The molecule has 1 saturated carbocycles. The molecule has 0 atom stereocenters. The molecule has 16 heavy (non-hydrogen) atoms. The smallest absolute Gasteiger partial charge is 0.0481 e. The summed E-state index contributed by atoms with van der Waals surface area (Å²) >= 11 is 0. The zero-order valence-corrected chi connectivity index (χ0v) is 10.4. The summed E-state index contributed by atoms with van der Waals surface area (Å²) in [4.78, 5) is 4.68. The van der Waals surface area contributed by atoms with Gasteiger partial charge in [-0.1, -0.05) is 13.0 Å². The van der Waals surface area contributed by atoms with Crippen molar-refractivity contribution in [1.82, 2.24) is 4.98 Å². The van der Waals surface area contributed by atoms with Gasteiger partial charge in [-0.05, 0) is 50.7 Å². The third-order valence-electron chi connectivity index (χ3n) is 4.05. The first kappa shape index (κ1) is 11.6. The second-order valence-corrected chi connectivity index (χ2v) is 5.33. The first-order valence-corrected chi connectivity index (χ1v) is 6.30. The summed E-state index contributed by atoms with van der Waals surface area (Å²) in [5.74, 6) is 0.851. The van der Waals surface area contributed by atoms with Crippen molar-refractivity contribution in [2.45, 2.75) is 44.9 Å². The number of nitrogens with zero attached hydrogens (tertiary/aromatic N) is 1. The Hall–Kier alpha value is -0.890. The average molecular weight is 218 g/mol. The van der Waals surface area contributed by atoms with Gasteiger partial charge in [0.25, 0.3) is 0 Å². The molecule has 0 radical (unpaired) electrons. The number of rotatable bonds is 2. The van der Waals surface area contributed by atoms with E-state index in [1.54, 1.807) is 0 Å². The normalized spacial score (nSPS) is 30.3. The van der Waals surface area contributed by atoms with Crippen LogP contribution < -0.4 is 5.73 Å². The van der Waals surface area contributed by atoms with E-state index in [0.29, 0.717) is 0 Å². The van der Waals surface area contributed by atoms with Crippen LogP contribution in [0.3, 0.4) is 0 Å². The third-order valence-corrected chi connectivity index (χ3v) is 4.05. The van der Waals surface area contributed by atoms with Gasteiger partial charge in [0.2, 0.25) is 0 Å². The fourth-order valence-corrected chi connectivity index (χ4v) is 2.72. The molecular weight excluding hydrogens is 196 g/mol. The van der Waals surface area contributed by atoms with Crippen molar-refractivity contribution in [3.8, 4) is 0 Å². The molecule has 2 N–H and O–H groups in total. The maximum Gasteiger partial charge on any atom is 0.0481 e. The lowest BCUT2D eigenvalue weighted by atomic mass is 9.69. The van der Waals surface area contributed by atoms with Gasteiger partial charge in [-0.2, -0.15) is 0 Å². The number of pyridine rings is 1. The highest BCUT2D eigenvalue weighted by molar-refractivity contribution is 5.21. The van der Waals surface area contributed by atoms with E-state index in [2.05, 4.69) is 37.0 Å². The second kappa shape index (κ2) is 4.54. The van der Waals surface area contributed by atoms with Crippen molar-refractivity contribution in [2.75, 3.05) is 6.54 Å². The minimum absolute atomic E-state index is 0.151. The molecule has 0 unspecified atom stereocenters. The zero-order chi connectivity index (χ0) is 11.6. The standard InChI is InChI=1S/C14H22N2/c1-11-6-8-14(10-15,9-7-11)13-5-3-4-12(2)16-13/h3-5,11H,6-10,15H2,1-2H3. The molecule has 2 heteroatoms. The lowest BCUT2D eigenvalue weighted by molar-refractivity contribution is 0.242. The SMILES string of the molecule is Cc1cccc(C2(CN)CCC(C)CC2)n1. The van der Waals surface area contributed by atoms with Gasteiger partial charge in [-0.15, -0.1) is 0 Å². The van der Waals surface area contributed by atoms with Gasteiger partial charge < -0.3 is 5.73 Å². The lowest BCUT2D eigenvalue weighted by Crippen LogP contribution is -2.39. The summed E-state index contributed by atoms with van der Waals surface area (Å²) in [6.07, 6.45) is 4.96. The van der Waals surface area contributed by atoms with Crippen molar-refractivity contribution >= 4 is 0 Å². The minimum Gasteiger partial charge on any atom is -0.330 e. The Morgan fingerprint density at radius 1 is 1.38 bits per heavy atom. The first-order valence-electron chi connectivity index (χ1n) is 6.30. The van der Waals surface area contributed by atoms with Crippen LogP contribution in [0.5, 0.6) is 0 Å². The van der Waals surface area contributed by atoms with E-state index in [4.69, 9.17) is 5.73 Å². The molecule has 1 aliphatic carbocycles. The van der Waals surface area contributed by atoms with Crippen LogP contribution in [-0.2, 0) is 5.41 Å². The Morgan fingerprint density at radius 2 is 2.06 bits per heavy atom. The maximum absolute atomic E-state index is 6.03. The summed E-state index contributed by atoms with van der Waals surface area (Å²) in [5, 5.41) is 0. The zero-order valence-electron chi connectivity index (χ0n) is 10.4. The van der Waals surface area contributed by atoms with Crippen LogP contribution in [0.1, 0.15) is 44.0 Å². The van der Waals surface area contributed by atoms with Crippen LogP contribution >= 0.6 is 0 Å². The number of nitrogens with two attached hydrogens (primary N) is 1. The summed E-state index contributed by atoms with van der Waals surface area (Å²) in [6.45, 7) is 5.12. The Kier molecular flexibility index (Phi) is 3.29. The van der Waals surface area contributed by atoms with Crippen LogP contribution in [0.15, 0.2) is 18.2 Å². The second-order valence-electron chi connectivity index (χ2n) is 5.33. The van der Waals surface area contributed by atoms with Gasteiger partial charge in [0.1, 0.15) is 0 Å². The molecule has 0 spiro atoms. The molecule has 2 nitrogen and oxygen atoms in total. The predicted octanol–water partition coefficient (Wildman–Crippen LogP) is 2.80. The van der Waals surface area contributed by atoms with E-state index in [-0.39, 0.29) is 5.41 Å². The van der Waals surface area contributed by atoms with Crippen molar-refractivity contribution in [2.24, 2.45) is 11.7 Å². The van der Waals surface area contributed by atoms with E-state index in [1.165, 1.54) is 31.4 Å². The highest BCUT2D eigenvalue weighted by Crippen LogP contribution is 2.39. The monoisotopic (exact) mass is 218 g/mol. The fraction of sp³-hybridized carbons (Fsp3) is 0.643. The number of aryl methyl sites for hydroxylation is 1. The summed E-state index contributed by atoms with van der Waals surface area (Å²) < 4.78 is 0. The van der Waals surface area contributed by atoms with Gasteiger partial charge in [-0.3, -0.25) is 4.98 Å². The Bertz CT molecular complexity index is 352. The van der Waals surface area contributed by atoms with Crippen molar-refractivity contribution in [3.63, 3.8) is 0 Å². The van der Waals surface area contributed by atoms with Crippen LogP contribution in [0.4, 0.5) is 0 Å². The van der Waals surface area contributed by atoms with Crippen LogP contribution in [-0.4, -0.2) is 11.5 Å². The lowest BCUT2D eigenvalue weighted by Gasteiger charge is -2.38. The van der Waals surface area contributed by atoms with Crippen molar-refractivity contribution in [3.05, 3.63) is 29.6 Å². The molecule has 1 aromatic rings. The molecule has 0 aliphatic heterocycles. The predicted molar refractivity (Wildman–Crippen MR) is 67.3 cm³/mol. The molecular formula is C14H22N2. The highest BCUT2D eigenvalue weighted by Gasteiger charge is 2.35. The Labute approximate surface area is 98.3 Å². The third kappa shape index (κ3) is 2.12. The molecule has 0 aromatic carbocycles. The molecule has 0 saturated heterocycles. The Morgan fingerprint density at radius 3 is 2.62 bits per heavy atom. The molecule has 0 amide bonds. The van der Waals surface area contributed by atoms with Crippen LogP contribution in [0.25, 0.3) is 0 Å².